The second-order valence-corrected chi connectivity index (χ2v) is 2.95. The van der Waals surface area contributed by atoms with Gasteiger partial charge in [-0.2, -0.15) is 8.78 Å². The lowest BCUT2D eigenvalue weighted by molar-refractivity contribution is -0.0497. The molecule has 0 spiro atoms. The van der Waals surface area contributed by atoms with Gasteiger partial charge in [0, 0.05) is 6.07 Å². The molecular formula is C9H6F2N2O3. The van der Waals surface area contributed by atoms with Crippen molar-refractivity contribution in [2.45, 2.75) is 6.61 Å². The first-order chi connectivity index (χ1) is 7.56. The van der Waals surface area contributed by atoms with Crippen molar-refractivity contribution >= 4 is 17.0 Å². The fraction of sp³-hybridized carbons (Fsp3) is 0.111. The summed E-state index contributed by atoms with van der Waals surface area (Å²) in [5, 5.41) is 8.66. The number of nitrogens with zero attached hydrogens (tertiary/aromatic N) is 1. The lowest BCUT2D eigenvalue weighted by Gasteiger charge is -2.02. The number of carboxylic acids is 1. The number of aromatic amines is 1. The molecule has 2 aromatic rings. The minimum absolute atomic E-state index is 0.0527. The van der Waals surface area contributed by atoms with Gasteiger partial charge in [-0.15, -0.1) is 0 Å². The summed E-state index contributed by atoms with van der Waals surface area (Å²) < 4.78 is 28.0. The van der Waals surface area contributed by atoms with Gasteiger partial charge in [-0.05, 0) is 12.1 Å². The second kappa shape index (κ2) is 3.76. The first-order valence-electron chi connectivity index (χ1n) is 4.24. The zero-order valence-corrected chi connectivity index (χ0v) is 7.78. The molecule has 0 saturated heterocycles. The number of aromatic carboxylic acids is 1. The van der Waals surface area contributed by atoms with Crippen LogP contribution in [0, 0.1) is 0 Å². The number of alkyl halides is 2. The summed E-state index contributed by atoms with van der Waals surface area (Å²) >= 11 is 0. The van der Waals surface area contributed by atoms with Gasteiger partial charge in [0.05, 0.1) is 11.0 Å². The Labute approximate surface area is 87.7 Å². The van der Waals surface area contributed by atoms with Crippen LogP contribution in [0.3, 0.4) is 0 Å². The molecule has 0 fully saturated rings. The number of aromatic nitrogens is 2. The summed E-state index contributed by atoms with van der Waals surface area (Å²) in [6.45, 7) is -2.92. The van der Waals surface area contributed by atoms with Crippen LogP contribution in [0.5, 0.6) is 5.75 Å². The molecule has 84 valence electrons. The maximum atomic E-state index is 11.9. The molecule has 0 aliphatic heterocycles. The van der Waals surface area contributed by atoms with Crippen LogP contribution in [-0.2, 0) is 0 Å². The Morgan fingerprint density at radius 3 is 2.88 bits per heavy atom. The zero-order chi connectivity index (χ0) is 11.7. The van der Waals surface area contributed by atoms with Crippen molar-refractivity contribution < 1.29 is 23.4 Å². The van der Waals surface area contributed by atoms with E-state index in [0.717, 1.165) is 0 Å². The van der Waals surface area contributed by atoms with E-state index in [1.807, 2.05) is 0 Å². The third-order valence-electron chi connectivity index (χ3n) is 1.88. The molecule has 1 heterocycles. The molecule has 0 unspecified atom stereocenters. The highest BCUT2D eigenvalue weighted by Gasteiger charge is 2.11. The first-order valence-corrected chi connectivity index (χ1v) is 4.24. The minimum Gasteiger partial charge on any atom is -0.475 e. The van der Waals surface area contributed by atoms with Crippen molar-refractivity contribution in [1.29, 1.82) is 0 Å². The van der Waals surface area contributed by atoms with Crippen LogP contribution in [0.1, 0.15) is 10.6 Å². The van der Waals surface area contributed by atoms with Crippen molar-refractivity contribution in [3.8, 4) is 5.75 Å². The number of hydrogen-bond acceptors (Lipinski definition) is 3. The van der Waals surface area contributed by atoms with Crippen molar-refractivity contribution in [2.24, 2.45) is 0 Å². The molecule has 16 heavy (non-hydrogen) atoms. The number of carbonyl (C=O) groups is 1. The minimum atomic E-state index is -2.92. The number of fused-ring (bicyclic) bond motifs is 1. The molecular weight excluding hydrogens is 222 g/mol. The Morgan fingerprint density at radius 2 is 2.25 bits per heavy atom. The predicted octanol–water partition coefficient (Wildman–Crippen LogP) is 1.86. The van der Waals surface area contributed by atoms with Crippen LogP contribution >= 0.6 is 0 Å². The molecule has 7 heteroatoms. The van der Waals surface area contributed by atoms with Gasteiger partial charge < -0.3 is 14.8 Å². The van der Waals surface area contributed by atoms with E-state index in [-0.39, 0.29) is 11.6 Å². The van der Waals surface area contributed by atoms with E-state index < -0.39 is 12.6 Å². The highest BCUT2D eigenvalue weighted by Crippen LogP contribution is 2.20. The van der Waals surface area contributed by atoms with Crippen molar-refractivity contribution in [3.05, 3.63) is 24.0 Å². The normalized spacial score (nSPS) is 10.9. The van der Waals surface area contributed by atoms with Crippen LogP contribution in [0.25, 0.3) is 11.0 Å². The van der Waals surface area contributed by atoms with Gasteiger partial charge in [0.1, 0.15) is 5.75 Å². The van der Waals surface area contributed by atoms with Crippen LogP contribution in [0.2, 0.25) is 0 Å². The van der Waals surface area contributed by atoms with E-state index in [4.69, 9.17) is 5.11 Å². The van der Waals surface area contributed by atoms with E-state index in [0.29, 0.717) is 11.0 Å². The van der Waals surface area contributed by atoms with Crippen LogP contribution in [0.15, 0.2) is 18.2 Å². The smallest absolute Gasteiger partial charge is 0.387 e. The Morgan fingerprint density at radius 1 is 1.50 bits per heavy atom. The third-order valence-corrected chi connectivity index (χ3v) is 1.88. The fourth-order valence-corrected chi connectivity index (χ4v) is 1.27. The average Bonchev–Trinajstić information content (AvgIpc) is 2.59. The number of imidazole rings is 1. The monoisotopic (exact) mass is 228 g/mol. The zero-order valence-electron chi connectivity index (χ0n) is 7.78. The van der Waals surface area contributed by atoms with Gasteiger partial charge >= 0.3 is 12.6 Å². The number of halogens is 2. The largest absolute Gasteiger partial charge is 0.475 e. The Kier molecular flexibility index (Phi) is 2.43. The molecule has 0 aliphatic carbocycles. The van der Waals surface area contributed by atoms with Gasteiger partial charge in [-0.3, -0.25) is 0 Å². The van der Waals surface area contributed by atoms with Crippen molar-refractivity contribution in [2.75, 3.05) is 0 Å². The second-order valence-electron chi connectivity index (χ2n) is 2.95. The molecule has 0 saturated carbocycles. The van der Waals surface area contributed by atoms with E-state index in [2.05, 4.69) is 14.7 Å². The first kappa shape index (κ1) is 10.3. The van der Waals surface area contributed by atoms with E-state index in [1.165, 1.54) is 18.2 Å². The molecule has 5 nitrogen and oxygen atoms in total. The summed E-state index contributed by atoms with van der Waals surface area (Å²) in [5.41, 5.74) is 0.703. The maximum Gasteiger partial charge on any atom is 0.387 e. The van der Waals surface area contributed by atoms with Gasteiger partial charge in [0.2, 0.25) is 5.82 Å². The number of hydrogen-bond donors (Lipinski definition) is 2. The molecule has 2 N–H and O–H groups in total. The van der Waals surface area contributed by atoms with Crippen LogP contribution in [-0.4, -0.2) is 27.7 Å². The predicted molar refractivity (Wildman–Crippen MR) is 49.7 cm³/mol. The molecule has 0 aliphatic rings. The average molecular weight is 228 g/mol. The summed E-state index contributed by atoms with van der Waals surface area (Å²) in [6, 6.07) is 3.96. The Balaban J connectivity index is 2.41. The van der Waals surface area contributed by atoms with Gasteiger partial charge in [-0.25, -0.2) is 9.78 Å². The lowest BCUT2D eigenvalue weighted by atomic mass is 10.3. The molecule has 0 radical (unpaired) electrons. The van der Waals surface area contributed by atoms with Crippen molar-refractivity contribution in [3.63, 3.8) is 0 Å². The van der Waals surface area contributed by atoms with E-state index >= 15 is 0 Å². The van der Waals surface area contributed by atoms with Crippen LogP contribution < -0.4 is 4.74 Å². The standard InChI is InChI=1S/C9H6F2N2O3/c10-9(11)16-4-1-2-5-6(3-4)13-7(12-5)8(14)15/h1-3,9H,(H,12,13)(H,14,15). The molecule has 1 aromatic carbocycles. The summed E-state index contributed by atoms with van der Waals surface area (Å²) in [6.07, 6.45) is 0. The molecule has 0 bridgehead atoms. The highest BCUT2D eigenvalue weighted by atomic mass is 19.3. The van der Waals surface area contributed by atoms with E-state index in [1.54, 1.807) is 0 Å². The summed E-state index contributed by atoms with van der Waals surface area (Å²) in [7, 11) is 0. The number of ether oxygens (including phenoxy) is 1. The summed E-state index contributed by atoms with van der Waals surface area (Å²) in [4.78, 5) is 16.8. The maximum absolute atomic E-state index is 11.9. The van der Waals surface area contributed by atoms with Gasteiger partial charge in [-0.1, -0.05) is 0 Å². The molecule has 0 atom stereocenters. The Bertz CT molecular complexity index is 539. The Hall–Kier alpha value is -2.18. The number of benzene rings is 1. The molecule has 0 amide bonds. The van der Waals surface area contributed by atoms with Crippen molar-refractivity contribution in [1.82, 2.24) is 9.97 Å². The number of nitrogens with one attached hydrogen (secondary N) is 1. The number of H-pyrrole nitrogens is 1. The SMILES string of the molecule is O=C(O)c1nc2ccc(OC(F)F)cc2[nH]1. The summed E-state index contributed by atoms with van der Waals surface area (Å²) in [5.74, 6) is -1.51. The topological polar surface area (TPSA) is 75.2 Å². The number of rotatable bonds is 3. The molecule has 2 rings (SSSR count). The quantitative estimate of drug-likeness (QED) is 0.840. The van der Waals surface area contributed by atoms with Gasteiger partial charge in [0.25, 0.3) is 0 Å². The highest BCUT2D eigenvalue weighted by molar-refractivity contribution is 5.89. The molecule has 1 aromatic heterocycles. The fourth-order valence-electron chi connectivity index (χ4n) is 1.27. The van der Waals surface area contributed by atoms with Crippen LogP contribution in [0.4, 0.5) is 8.78 Å². The van der Waals surface area contributed by atoms with Gasteiger partial charge in [0.15, 0.2) is 0 Å². The third kappa shape index (κ3) is 1.92. The number of carboxylic acid groups (broad SMARTS) is 1. The van der Waals surface area contributed by atoms with E-state index in [9.17, 15) is 13.6 Å². The lowest BCUT2D eigenvalue weighted by Crippen LogP contribution is -2.01.